The summed E-state index contributed by atoms with van der Waals surface area (Å²) in [4.78, 5) is 28.5. The lowest BCUT2D eigenvalue weighted by molar-refractivity contribution is -0.140. The van der Waals surface area contributed by atoms with Crippen LogP contribution in [0, 0.1) is 0 Å². The number of ether oxygens (including phenoxy) is 2. The van der Waals surface area contributed by atoms with Crippen molar-refractivity contribution >= 4 is 39.1 Å². The van der Waals surface area contributed by atoms with Crippen molar-refractivity contribution in [1.82, 2.24) is 10.2 Å². The van der Waals surface area contributed by atoms with Crippen LogP contribution in [0.15, 0.2) is 77.7 Å². The van der Waals surface area contributed by atoms with E-state index < -0.39 is 28.5 Å². The first-order chi connectivity index (χ1) is 19.7. The van der Waals surface area contributed by atoms with E-state index in [1.54, 1.807) is 61.5 Å². The first-order valence-electron chi connectivity index (χ1n) is 13.3. The van der Waals surface area contributed by atoms with E-state index in [1.165, 1.54) is 37.3 Å². The molecule has 0 aromatic heterocycles. The van der Waals surface area contributed by atoms with Gasteiger partial charge in [0.1, 0.15) is 12.6 Å². The third kappa shape index (κ3) is 7.71. The number of rotatable bonds is 14. The van der Waals surface area contributed by atoms with Gasteiger partial charge in [-0.1, -0.05) is 61.8 Å². The third-order valence-corrected chi connectivity index (χ3v) is 8.64. The number of carbonyl (C=O) groups excluding carboxylic acids is 2. The molecule has 3 aromatic rings. The van der Waals surface area contributed by atoms with Crippen molar-refractivity contribution in [2.45, 2.75) is 44.2 Å². The average molecular weight is 602 g/mol. The van der Waals surface area contributed by atoms with Gasteiger partial charge in [0.2, 0.25) is 11.8 Å². The van der Waals surface area contributed by atoms with Crippen molar-refractivity contribution in [3.05, 3.63) is 83.4 Å². The Morgan fingerprint density at radius 3 is 2.20 bits per heavy atom. The number of halogens is 1. The molecule has 41 heavy (non-hydrogen) atoms. The lowest BCUT2D eigenvalue weighted by atomic mass is 10.1. The minimum absolute atomic E-state index is 0.0234. The van der Waals surface area contributed by atoms with Crippen molar-refractivity contribution < 1.29 is 27.5 Å². The zero-order valence-electron chi connectivity index (χ0n) is 23.7. The molecule has 0 fully saturated rings. The summed E-state index contributed by atoms with van der Waals surface area (Å²) in [5.74, 6) is -0.282. The first kappa shape index (κ1) is 31.8. The molecular formula is C30H36ClN3O6S. The van der Waals surface area contributed by atoms with Crippen LogP contribution in [0.5, 0.6) is 11.5 Å². The highest BCUT2D eigenvalue weighted by Crippen LogP contribution is 2.32. The highest BCUT2D eigenvalue weighted by atomic mass is 35.5. The van der Waals surface area contributed by atoms with Gasteiger partial charge in [0.05, 0.1) is 24.8 Å². The van der Waals surface area contributed by atoms with Crippen molar-refractivity contribution in [1.29, 1.82) is 0 Å². The quantitative estimate of drug-likeness (QED) is 0.282. The van der Waals surface area contributed by atoms with Gasteiger partial charge >= 0.3 is 0 Å². The fourth-order valence-electron chi connectivity index (χ4n) is 4.32. The van der Waals surface area contributed by atoms with E-state index in [4.69, 9.17) is 21.1 Å². The Labute approximate surface area is 247 Å². The molecule has 0 spiro atoms. The number of carbonyl (C=O) groups is 2. The second kappa shape index (κ2) is 14.7. The number of benzene rings is 3. The number of sulfonamides is 1. The van der Waals surface area contributed by atoms with Gasteiger partial charge in [-0.2, -0.15) is 0 Å². The van der Waals surface area contributed by atoms with Crippen LogP contribution in [-0.4, -0.2) is 58.5 Å². The standard InChI is InChI=1S/C30H36ClN3O6S/c1-5-18-32-30(36)26(6-2)33(20-22-12-10-11-15-25(22)31)29(35)21-34(23-13-8-7-9-14-23)41(37,38)24-16-17-27(39-3)28(19-24)40-4/h7-17,19,26H,5-6,18,20-21H2,1-4H3,(H,32,36)/t26-/m0/s1. The zero-order valence-corrected chi connectivity index (χ0v) is 25.2. The largest absolute Gasteiger partial charge is 0.493 e. The van der Waals surface area contributed by atoms with Crippen molar-refractivity contribution in [2.75, 3.05) is 31.6 Å². The minimum atomic E-state index is -4.26. The van der Waals surface area contributed by atoms with E-state index >= 15 is 0 Å². The maximum atomic E-state index is 14.1. The molecule has 3 aromatic carbocycles. The third-order valence-electron chi connectivity index (χ3n) is 6.50. The number of anilines is 1. The van der Waals surface area contributed by atoms with Gasteiger partial charge in [0.15, 0.2) is 11.5 Å². The van der Waals surface area contributed by atoms with Gasteiger partial charge < -0.3 is 19.7 Å². The van der Waals surface area contributed by atoms with Crippen molar-refractivity contribution in [3.8, 4) is 11.5 Å². The average Bonchev–Trinajstić information content (AvgIpc) is 2.99. The molecule has 0 unspecified atom stereocenters. The van der Waals surface area contributed by atoms with Crippen LogP contribution < -0.4 is 19.1 Å². The first-order valence-corrected chi connectivity index (χ1v) is 15.1. The summed E-state index contributed by atoms with van der Waals surface area (Å²) >= 11 is 6.42. The monoisotopic (exact) mass is 601 g/mol. The summed E-state index contributed by atoms with van der Waals surface area (Å²) in [6, 6.07) is 18.8. The van der Waals surface area contributed by atoms with Crippen LogP contribution >= 0.6 is 11.6 Å². The topological polar surface area (TPSA) is 105 Å². The molecule has 3 rings (SSSR count). The summed E-state index contributed by atoms with van der Waals surface area (Å²) in [7, 11) is -1.40. The maximum Gasteiger partial charge on any atom is 0.264 e. The van der Waals surface area contributed by atoms with Gasteiger partial charge in [-0.05, 0) is 48.7 Å². The fourth-order valence-corrected chi connectivity index (χ4v) is 5.95. The van der Waals surface area contributed by atoms with Crippen LogP contribution in [0.2, 0.25) is 5.02 Å². The van der Waals surface area contributed by atoms with Crippen LogP contribution in [0.3, 0.4) is 0 Å². The Morgan fingerprint density at radius 1 is 0.927 bits per heavy atom. The molecule has 1 N–H and O–H groups in total. The van der Waals surface area contributed by atoms with Crippen LogP contribution in [-0.2, 0) is 26.2 Å². The molecule has 1 atom stereocenters. The van der Waals surface area contributed by atoms with Gasteiger partial charge in [-0.15, -0.1) is 0 Å². The number of amides is 2. The van der Waals surface area contributed by atoms with E-state index in [-0.39, 0.29) is 28.8 Å². The molecule has 0 saturated heterocycles. The van der Waals surface area contributed by atoms with Crippen molar-refractivity contribution in [2.24, 2.45) is 0 Å². The molecule has 0 radical (unpaired) electrons. The Hall–Kier alpha value is -3.76. The number of hydrogen-bond donors (Lipinski definition) is 1. The zero-order chi connectivity index (χ0) is 30.0. The number of hydrogen-bond acceptors (Lipinski definition) is 6. The van der Waals surface area contributed by atoms with E-state index in [9.17, 15) is 18.0 Å². The molecule has 0 saturated carbocycles. The predicted octanol–water partition coefficient (Wildman–Crippen LogP) is 4.89. The molecule has 220 valence electrons. The number of para-hydroxylation sites is 1. The Bertz CT molecular complexity index is 1440. The summed E-state index contributed by atoms with van der Waals surface area (Å²) in [5, 5.41) is 3.30. The van der Waals surface area contributed by atoms with Gasteiger partial charge in [0.25, 0.3) is 10.0 Å². The fraction of sp³-hybridized carbons (Fsp3) is 0.333. The summed E-state index contributed by atoms with van der Waals surface area (Å²) in [5.41, 5.74) is 0.926. The molecular weight excluding hydrogens is 566 g/mol. The molecule has 0 aliphatic heterocycles. The highest BCUT2D eigenvalue weighted by Gasteiger charge is 2.34. The Morgan fingerprint density at radius 2 is 1.59 bits per heavy atom. The molecule has 0 bridgehead atoms. The van der Waals surface area contributed by atoms with Crippen LogP contribution in [0.4, 0.5) is 5.69 Å². The Balaban J connectivity index is 2.07. The van der Waals surface area contributed by atoms with Gasteiger partial charge in [-0.25, -0.2) is 8.42 Å². The highest BCUT2D eigenvalue weighted by molar-refractivity contribution is 7.92. The second-order valence-electron chi connectivity index (χ2n) is 9.19. The number of nitrogens with one attached hydrogen (secondary N) is 1. The summed E-state index contributed by atoms with van der Waals surface area (Å²) in [6.45, 7) is 3.66. The summed E-state index contributed by atoms with van der Waals surface area (Å²) in [6.07, 6.45) is 1.05. The SMILES string of the molecule is CCCNC(=O)[C@H](CC)N(Cc1ccccc1Cl)C(=O)CN(c1ccccc1)S(=O)(=O)c1ccc(OC)c(OC)c1. The molecule has 0 aliphatic rings. The Kier molecular flexibility index (Phi) is 11.4. The molecule has 11 heteroatoms. The summed E-state index contributed by atoms with van der Waals surface area (Å²) < 4.78 is 39.7. The number of methoxy groups -OCH3 is 2. The number of nitrogens with zero attached hydrogens (tertiary/aromatic N) is 2. The van der Waals surface area contributed by atoms with E-state index in [0.717, 1.165) is 10.7 Å². The lowest BCUT2D eigenvalue weighted by Gasteiger charge is -2.33. The second-order valence-corrected chi connectivity index (χ2v) is 11.5. The van der Waals surface area contributed by atoms with Gasteiger partial charge in [0, 0.05) is 24.2 Å². The van der Waals surface area contributed by atoms with Crippen molar-refractivity contribution in [3.63, 3.8) is 0 Å². The predicted molar refractivity (Wildman–Crippen MR) is 160 cm³/mol. The minimum Gasteiger partial charge on any atom is -0.493 e. The molecule has 2 amide bonds. The molecule has 0 aliphatic carbocycles. The van der Waals surface area contributed by atoms with Gasteiger partial charge in [-0.3, -0.25) is 13.9 Å². The van der Waals surface area contributed by atoms with Crippen LogP contribution in [0.1, 0.15) is 32.3 Å². The van der Waals surface area contributed by atoms with E-state index in [0.29, 0.717) is 29.3 Å². The normalized spacial score (nSPS) is 11.8. The van der Waals surface area contributed by atoms with Crippen LogP contribution in [0.25, 0.3) is 0 Å². The maximum absolute atomic E-state index is 14.1. The lowest BCUT2D eigenvalue weighted by Crippen LogP contribution is -2.52. The van der Waals surface area contributed by atoms with E-state index in [1.807, 2.05) is 6.92 Å². The molecule has 9 nitrogen and oxygen atoms in total. The van der Waals surface area contributed by atoms with E-state index in [2.05, 4.69) is 5.32 Å². The smallest absolute Gasteiger partial charge is 0.264 e. The molecule has 0 heterocycles.